The van der Waals surface area contributed by atoms with Gasteiger partial charge < -0.3 is 20.5 Å². The number of carbonyl (C=O) groups excluding carboxylic acids is 1. The molecule has 1 unspecified atom stereocenters. The zero-order chi connectivity index (χ0) is 25.7. The molecule has 10 nitrogen and oxygen atoms in total. The number of carbonyl (C=O) groups is 1. The summed E-state index contributed by atoms with van der Waals surface area (Å²) in [4.78, 5) is 18.2. The first-order chi connectivity index (χ1) is 17.4. The van der Waals surface area contributed by atoms with Crippen molar-refractivity contribution < 1.29 is 17.9 Å². The van der Waals surface area contributed by atoms with Crippen molar-refractivity contribution in [1.29, 1.82) is 0 Å². The first-order valence-corrected chi connectivity index (χ1v) is 13.1. The van der Waals surface area contributed by atoms with Gasteiger partial charge in [0.15, 0.2) is 0 Å². The number of halogens is 2. The summed E-state index contributed by atoms with van der Waals surface area (Å²) in [5.74, 6) is -0.832. The van der Waals surface area contributed by atoms with E-state index >= 15 is 0 Å². The molecule has 0 aliphatic rings. The molecule has 0 saturated carbocycles. The second-order valence-electron chi connectivity index (χ2n) is 7.47. The molecule has 36 heavy (non-hydrogen) atoms. The largest absolute Gasteiger partial charge is 0.754 e. The molecule has 0 radical (unpaired) electrons. The number of nitrogens with zero attached hydrogens (tertiary/aromatic N) is 4. The van der Waals surface area contributed by atoms with Gasteiger partial charge in [-0.05, 0) is 36.4 Å². The third kappa shape index (κ3) is 5.82. The highest BCUT2D eigenvalue weighted by molar-refractivity contribution is 7.80. The van der Waals surface area contributed by atoms with Crippen LogP contribution in [0.5, 0.6) is 0 Å². The summed E-state index contributed by atoms with van der Waals surface area (Å²) in [6.07, 6.45) is 2.87. The number of fused-ring (bicyclic) bond motifs is 1. The van der Waals surface area contributed by atoms with Crippen molar-refractivity contribution in [2.24, 2.45) is 0 Å². The SMILES string of the molecule is CCNCCNc1cc(F)ccc1C(=O)NCc1cccc2c1cnn2N(c1ncc(Cl)s1)S(=O)[O-]. The first-order valence-electron chi connectivity index (χ1n) is 10.9. The van der Waals surface area contributed by atoms with E-state index in [4.69, 9.17) is 11.6 Å². The fraction of sp³-hybridized carbons (Fsp3) is 0.227. The molecule has 2 aromatic carbocycles. The van der Waals surface area contributed by atoms with E-state index in [2.05, 4.69) is 26.0 Å². The van der Waals surface area contributed by atoms with Crippen LogP contribution in [0.15, 0.2) is 48.8 Å². The van der Waals surface area contributed by atoms with E-state index in [1.807, 2.05) is 6.92 Å². The highest BCUT2D eigenvalue weighted by atomic mass is 35.5. The third-order valence-electron chi connectivity index (χ3n) is 5.16. The quantitative estimate of drug-likeness (QED) is 0.193. The van der Waals surface area contributed by atoms with Crippen LogP contribution >= 0.6 is 22.9 Å². The Morgan fingerprint density at radius 2 is 2.11 bits per heavy atom. The van der Waals surface area contributed by atoms with Crippen LogP contribution in [0.25, 0.3) is 10.9 Å². The lowest BCUT2D eigenvalue weighted by molar-refractivity contribution is 0.0952. The molecule has 190 valence electrons. The van der Waals surface area contributed by atoms with E-state index in [0.29, 0.717) is 45.1 Å². The van der Waals surface area contributed by atoms with E-state index in [0.717, 1.165) is 22.3 Å². The topological polar surface area (TPSA) is 127 Å². The summed E-state index contributed by atoms with van der Waals surface area (Å²) in [6.45, 7) is 4.12. The maximum atomic E-state index is 13.8. The van der Waals surface area contributed by atoms with Crippen molar-refractivity contribution in [3.63, 3.8) is 0 Å². The molecule has 3 N–H and O–H groups in total. The molecule has 0 aliphatic heterocycles. The summed E-state index contributed by atoms with van der Waals surface area (Å²) < 4.78 is 39.0. The molecule has 1 amide bonds. The number of likely N-dealkylation sites (N-methyl/N-ethyl adjacent to an activating group) is 1. The number of thiazole rings is 1. The Morgan fingerprint density at radius 1 is 1.28 bits per heavy atom. The summed E-state index contributed by atoms with van der Waals surface area (Å²) >= 11 is 4.20. The minimum Gasteiger partial charge on any atom is -0.754 e. The maximum absolute atomic E-state index is 13.8. The molecular weight excluding hydrogens is 529 g/mol. The lowest BCUT2D eigenvalue weighted by Crippen LogP contribution is -2.32. The van der Waals surface area contributed by atoms with E-state index in [1.54, 1.807) is 18.2 Å². The van der Waals surface area contributed by atoms with Gasteiger partial charge in [0.1, 0.15) is 10.2 Å². The summed E-state index contributed by atoms with van der Waals surface area (Å²) in [5, 5.41) is 14.1. The van der Waals surface area contributed by atoms with Gasteiger partial charge in [0.25, 0.3) is 5.91 Å². The Morgan fingerprint density at radius 3 is 2.83 bits per heavy atom. The molecule has 0 spiro atoms. The Labute approximate surface area is 217 Å². The number of nitrogens with one attached hydrogen (secondary N) is 3. The minimum atomic E-state index is -2.72. The van der Waals surface area contributed by atoms with Crippen LogP contribution in [0.4, 0.5) is 15.2 Å². The van der Waals surface area contributed by atoms with Crippen molar-refractivity contribution >= 4 is 61.8 Å². The number of amides is 1. The fourth-order valence-electron chi connectivity index (χ4n) is 3.53. The smallest absolute Gasteiger partial charge is 0.253 e. The number of rotatable bonds is 11. The highest BCUT2D eigenvalue weighted by Crippen LogP contribution is 2.29. The fourth-order valence-corrected chi connectivity index (χ4v) is 5.05. The van der Waals surface area contributed by atoms with Gasteiger partial charge in [-0.15, -0.1) is 0 Å². The molecule has 2 aromatic heterocycles. The van der Waals surface area contributed by atoms with Crippen LogP contribution in [0, 0.1) is 5.82 Å². The summed E-state index contributed by atoms with van der Waals surface area (Å²) in [6, 6.07) is 9.18. The van der Waals surface area contributed by atoms with Gasteiger partial charge >= 0.3 is 0 Å². The van der Waals surface area contributed by atoms with Crippen LogP contribution in [-0.2, 0) is 17.8 Å². The lowest BCUT2D eigenvalue weighted by Gasteiger charge is -2.23. The molecule has 4 aromatic rings. The molecule has 1 atom stereocenters. The number of anilines is 2. The normalized spacial score (nSPS) is 12.0. The standard InChI is InChI=1S/C22H23ClFN7O3S2/c1-2-25-8-9-26-18-10-15(24)6-7-16(18)21(32)27-11-14-4-3-5-19-17(14)12-29-30(19)31(36(33)34)22-28-13-20(23)35-22/h3-7,10,12-13,25-26H,2,8-9,11H2,1H3,(H,27,32)(H,33,34)/p-1. The van der Waals surface area contributed by atoms with Gasteiger partial charge in [-0.1, -0.05) is 42.0 Å². The van der Waals surface area contributed by atoms with Crippen LogP contribution in [0.3, 0.4) is 0 Å². The lowest BCUT2D eigenvalue weighted by atomic mass is 10.1. The molecule has 4 rings (SSSR count). The summed E-state index contributed by atoms with van der Waals surface area (Å²) in [5.41, 5.74) is 1.91. The maximum Gasteiger partial charge on any atom is 0.253 e. The van der Waals surface area contributed by atoms with Gasteiger partial charge in [0.05, 0.1) is 34.7 Å². The molecule has 0 saturated heterocycles. The van der Waals surface area contributed by atoms with Crippen LogP contribution < -0.4 is 20.4 Å². The first kappa shape index (κ1) is 26.0. The number of hydrogen-bond acceptors (Lipinski definition) is 8. The Bertz CT molecular complexity index is 1400. The average molecular weight is 551 g/mol. The molecule has 2 heterocycles. The predicted molar refractivity (Wildman–Crippen MR) is 138 cm³/mol. The van der Waals surface area contributed by atoms with Crippen LogP contribution in [0.2, 0.25) is 4.34 Å². The van der Waals surface area contributed by atoms with Gasteiger partial charge in [-0.2, -0.15) is 14.3 Å². The van der Waals surface area contributed by atoms with E-state index in [9.17, 15) is 17.9 Å². The Hall–Kier alpha value is -3.10. The monoisotopic (exact) mass is 550 g/mol. The molecule has 0 bridgehead atoms. The second-order valence-corrected chi connectivity index (χ2v) is 9.89. The van der Waals surface area contributed by atoms with Crippen molar-refractivity contribution in [2.45, 2.75) is 13.5 Å². The Kier molecular flexibility index (Phi) is 8.48. The van der Waals surface area contributed by atoms with Crippen LogP contribution in [0.1, 0.15) is 22.8 Å². The van der Waals surface area contributed by atoms with Gasteiger partial charge in [-0.25, -0.2) is 13.6 Å². The van der Waals surface area contributed by atoms with Gasteiger partial charge in [0, 0.05) is 30.7 Å². The molecular formula is C22H22ClFN7O3S2-. The third-order valence-corrected chi connectivity index (χ3v) is 6.98. The van der Waals surface area contributed by atoms with Gasteiger partial charge in [0.2, 0.25) is 5.13 Å². The molecule has 14 heteroatoms. The van der Waals surface area contributed by atoms with Crippen molar-refractivity contribution in [3.05, 3.63) is 70.1 Å². The average Bonchev–Trinajstić information content (AvgIpc) is 3.47. The predicted octanol–water partition coefficient (Wildman–Crippen LogP) is 3.30. The number of hydrogen-bond donors (Lipinski definition) is 3. The van der Waals surface area contributed by atoms with E-state index in [1.165, 1.54) is 35.4 Å². The molecule has 0 fully saturated rings. The van der Waals surface area contributed by atoms with Crippen molar-refractivity contribution in [3.8, 4) is 0 Å². The van der Waals surface area contributed by atoms with Crippen molar-refractivity contribution in [1.82, 2.24) is 25.5 Å². The van der Waals surface area contributed by atoms with Crippen molar-refractivity contribution in [2.75, 3.05) is 29.4 Å². The number of aromatic nitrogens is 3. The second kappa shape index (κ2) is 11.8. The highest BCUT2D eigenvalue weighted by Gasteiger charge is 2.19. The minimum absolute atomic E-state index is 0.127. The van der Waals surface area contributed by atoms with E-state index < -0.39 is 17.1 Å². The summed E-state index contributed by atoms with van der Waals surface area (Å²) in [7, 11) is 0. The zero-order valence-corrected chi connectivity index (χ0v) is 21.4. The Balaban J connectivity index is 1.54. The molecule has 0 aliphatic carbocycles. The zero-order valence-electron chi connectivity index (χ0n) is 19.0. The van der Waals surface area contributed by atoms with Gasteiger partial charge in [-0.3, -0.25) is 4.79 Å². The van der Waals surface area contributed by atoms with E-state index in [-0.39, 0.29) is 17.6 Å². The number of benzene rings is 2. The van der Waals surface area contributed by atoms with Crippen LogP contribution in [-0.4, -0.2) is 49.2 Å².